The van der Waals surface area contributed by atoms with Gasteiger partial charge in [0.1, 0.15) is 5.75 Å². The molecule has 1 fully saturated rings. The Kier molecular flexibility index (Phi) is 6.95. The zero-order chi connectivity index (χ0) is 22.8. The number of thiazole rings is 1. The number of phenolic OH excluding ortho intramolecular Hbond substituents is 1. The Hall–Kier alpha value is -2.13. The molecular formula is C22H28F3N3O2S. The van der Waals surface area contributed by atoms with Gasteiger partial charge in [0.25, 0.3) is 0 Å². The maximum atomic E-state index is 13.7. The van der Waals surface area contributed by atoms with Gasteiger partial charge in [0.05, 0.1) is 10.9 Å². The highest BCUT2D eigenvalue weighted by atomic mass is 32.1. The van der Waals surface area contributed by atoms with Crippen molar-refractivity contribution in [3.05, 3.63) is 45.9 Å². The van der Waals surface area contributed by atoms with E-state index in [4.69, 9.17) is 0 Å². The summed E-state index contributed by atoms with van der Waals surface area (Å²) in [5.41, 5.74) is 1.68. The summed E-state index contributed by atoms with van der Waals surface area (Å²) in [6.07, 6.45) is -2.36. The summed E-state index contributed by atoms with van der Waals surface area (Å²) in [5, 5.41) is 12.4. The third-order valence-electron chi connectivity index (χ3n) is 6.25. The third kappa shape index (κ3) is 5.38. The lowest BCUT2D eigenvalue weighted by Gasteiger charge is -2.29. The summed E-state index contributed by atoms with van der Waals surface area (Å²) in [6.45, 7) is 2.23. The molecule has 1 aliphatic carbocycles. The number of aryl methyl sites for hydroxylation is 1. The number of benzene rings is 1. The number of nitrogens with one attached hydrogen (secondary N) is 1. The molecule has 0 spiro atoms. The van der Waals surface area contributed by atoms with Crippen LogP contribution in [0.25, 0.3) is 0 Å². The highest BCUT2D eigenvalue weighted by Crippen LogP contribution is 2.66. The van der Waals surface area contributed by atoms with Gasteiger partial charge >= 0.3 is 6.18 Å². The van der Waals surface area contributed by atoms with Crippen molar-refractivity contribution in [3.8, 4) is 5.75 Å². The van der Waals surface area contributed by atoms with Crippen molar-refractivity contribution in [1.29, 1.82) is 0 Å². The molecule has 1 heterocycles. The van der Waals surface area contributed by atoms with E-state index in [0.717, 1.165) is 11.1 Å². The van der Waals surface area contributed by atoms with Crippen LogP contribution in [-0.4, -0.2) is 53.8 Å². The van der Waals surface area contributed by atoms with Crippen LogP contribution in [0.3, 0.4) is 0 Å². The fourth-order valence-corrected chi connectivity index (χ4v) is 4.86. The normalized spacial score (nSPS) is 17.4. The minimum Gasteiger partial charge on any atom is -0.508 e. The van der Waals surface area contributed by atoms with Gasteiger partial charge < -0.3 is 15.3 Å². The number of aromatic hydroxyl groups is 1. The number of carbonyl (C=O) groups excluding carboxylic acids is 1. The number of likely N-dealkylation sites (N-methyl/N-ethyl adjacent to an activating group) is 1. The summed E-state index contributed by atoms with van der Waals surface area (Å²) < 4.78 is 41.2. The Balaban J connectivity index is 1.66. The number of amides is 1. The first-order chi connectivity index (χ1) is 14.5. The molecular weight excluding hydrogens is 427 g/mol. The molecule has 9 heteroatoms. The van der Waals surface area contributed by atoms with Crippen molar-refractivity contribution in [3.63, 3.8) is 0 Å². The molecule has 3 rings (SSSR count). The molecule has 0 bridgehead atoms. The quantitative estimate of drug-likeness (QED) is 0.593. The van der Waals surface area contributed by atoms with Crippen molar-refractivity contribution < 1.29 is 23.1 Å². The predicted molar refractivity (Wildman–Crippen MR) is 114 cm³/mol. The predicted octanol–water partition coefficient (Wildman–Crippen LogP) is 4.26. The van der Waals surface area contributed by atoms with Gasteiger partial charge in [-0.1, -0.05) is 6.07 Å². The molecule has 2 aromatic rings. The number of hydrogen-bond acceptors (Lipinski definition) is 5. The second-order valence-electron chi connectivity index (χ2n) is 8.55. The summed E-state index contributed by atoms with van der Waals surface area (Å²) in [4.78, 5) is 19.1. The minimum atomic E-state index is -4.34. The van der Waals surface area contributed by atoms with E-state index in [1.165, 1.54) is 23.0 Å². The van der Waals surface area contributed by atoms with Crippen molar-refractivity contribution >= 4 is 17.2 Å². The van der Waals surface area contributed by atoms with E-state index in [1.54, 1.807) is 12.1 Å². The first-order valence-corrected chi connectivity index (χ1v) is 11.1. The first-order valence-electron chi connectivity index (χ1n) is 10.2. The highest BCUT2D eigenvalue weighted by molar-refractivity contribution is 7.09. The minimum absolute atomic E-state index is 0.0356. The molecule has 1 aromatic heterocycles. The zero-order valence-corrected chi connectivity index (χ0v) is 18.7. The topological polar surface area (TPSA) is 65.5 Å². The van der Waals surface area contributed by atoms with E-state index in [1.807, 2.05) is 32.0 Å². The Bertz CT molecular complexity index is 896. The van der Waals surface area contributed by atoms with E-state index < -0.39 is 17.5 Å². The van der Waals surface area contributed by atoms with Gasteiger partial charge in [-0.25, -0.2) is 0 Å². The lowest BCUT2D eigenvalue weighted by molar-refractivity contribution is -0.194. The molecule has 1 amide bonds. The number of alkyl halides is 3. The van der Waals surface area contributed by atoms with Crippen molar-refractivity contribution in [2.45, 2.75) is 50.7 Å². The monoisotopic (exact) mass is 455 g/mol. The molecule has 170 valence electrons. The molecule has 2 atom stereocenters. The number of halogens is 3. The second-order valence-corrected chi connectivity index (χ2v) is 9.47. The average molecular weight is 456 g/mol. The van der Waals surface area contributed by atoms with Crippen LogP contribution in [0, 0.1) is 12.3 Å². The summed E-state index contributed by atoms with van der Waals surface area (Å²) in [7, 11) is 3.80. The average Bonchev–Trinajstić information content (AvgIpc) is 3.32. The summed E-state index contributed by atoms with van der Waals surface area (Å²) in [6, 6.07) is 5.13. The number of aromatic nitrogens is 1. The molecule has 1 saturated carbocycles. The van der Waals surface area contributed by atoms with E-state index in [0.29, 0.717) is 17.8 Å². The fraction of sp³-hybridized carbons (Fsp3) is 0.545. The Morgan fingerprint density at radius 1 is 1.35 bits per heavy atom. The fourth-order valence-electron chi connectivity index (χ4n) is 4.02. The Morgan fingerprint density at radius 3 is 2.58 bits per heavy atom. The van der Waals surface area contributed by atoms with Crippen LogP contribution < -0.4 is 5.32 Å². The molecule has 31 heavy (non-hydrogen) atoms. The van der Waals surface area contributed by atoms with E-state index in [-0.39, 0.29) is 37.0 Å². The van der Waals surface area contributed by atoms with Crippen molar-refractivity contribution in [1.82, 2.24) is 15.2 Å². The number of rotatable bonds is 9. The van der Waals surface area contributed by atoms with Crippen LogP contribution in [0.2, 0.25) is 0 Å². The van der Waals surface area contributed by atoms with Crippen LogP contribution in [0.4, 0.5) is 13.2 Å². The number of nitrogens with zero attached hydrogens (tertiary/aromatic N) is 2. The molecule has 5 nitrogen and oxygen atoms in total. The molecule has 1 aromatic carbocycles. The smallest absolute Gasteiger partial charge is 0.395 e. The van der Waals surface area contributed by atoms with Gasteiger partial charge in [-0.3, -0.25) is 9.78 Å². The zero-order valence-electron chi connectivity index (χ0n) is 17.9. The van der Waals surface area contributed by atoms with Gasteiger partial charge in [-0.15, -0.1) is 11.3 Å². The van der Waals surface area contributed by atoms with Crippen molar-refractivity contribution in [2.75, 3.05) is 20.6 Å². The van der Waals surface area contributed by atoms with Gasteiger partial charge in [-0.05, 0) is 63.5 Å². The molecule has 0 aliphatic heterocycles. The number of hydrogen-bond donors (Lipinski definition) is 2. The van der Waals surface area contributed by atoms with E-state index >= 15 is 0 Å². The van der Waals surface area contributed by atoms with Crippen LogP contribution >= 0.6 is 11.3 Å². The van der Waals surface area contributed by atoms with Crippen LogP contribution in [0.1, 0.15) is 41.2 Å². The maximum Gasteiger partial charge on any atom is 0.395 e. The van der Waals surface area contributed by atoms with Crippen LogP contribution in [0.15, 0.2) is 29.9 Å². The summed E-state index contributed by atoms with van der Waals surface area (Å²) >= 11 is 1.17. The van der Waals surface area contributed by atoms with Gasteiger partial charge in [0.15, 0.2) is 0 Å². The van der Waals surface area contributed by atoms with Crippen LogP contribution in [-0.2, 0) is 11.2 Å². The van der Waals surface area contributed by atoms with Gasteiger partial charge in [-0.2, -0.15) is 13.2 Å². The largest absolute Gasteiger partial charge is 0.508 e. The molecule has 0 radical (unpaired) electrons. The van der Waals surface area contributed by atoms with Gasteiger partial charge in [0, 0.05) is 36.0 Å². The lowest BCUT2D eigenvalue weighted by atomic mass is 9.84. The third-order valence-corrected chi connectivity index (χ3v) is 7.14. The van der Waals surface area contributed by atoms with E-state index in [2.05, 4.69) is 10.3 Å². The molecule has 2 unspecified atom stereocenters. The van der Waals surface area contributed by atoms with Crippen molar-refractivity contribution in [2.24, 2.45) is 5.41 Å². The van der Waals surface area contributed by atoms with E-state index in [9.17, 15) is 23.1 Å². The number of carbonyl (C=O) groups is 1. The maximum absolute atomic E-state index is 13.7. The second kappa shape index (κ2) is 9.16. The lowest BCUT2D eigenvalue weighted by Crippen LogP contribution is -2.42. The number of phenols is 1. The SMILES string of the molecule is Cc1cc(O)ccc1CC(CNC(=O)CC(c1cncs1)C1(C(F)(F)F)CC1)N(C)C. The van der Waals surface area contributed by atoms with Crippen LogP contribution in [0.5, 0.6) is 5.75 Å². The molecule has 0 saturated heterocycles. The Labute approximate surface area is 184 Å². The standard InChI is InChI=1S/C22H28F3N3O2S/c1-14-8-17(29)5-4-15(14)9-16(28(2)3)11-27-20(30)10-18(19-12-26-13-31-19)21(6-7-21)22(23,24)25/h4-5,8,12-13,16,18,29H,6-7,9-11H2,1-3H3,(H,27,30). The highest BCUT2D eigenvalue weighted by Gasteiger charge is 2.67. The Morgan fingerprint density at radius 2 is 2.06 bits per heavy atom. The molecule has 1 aliphatic rings. The summed E-state index contributed by atoms with van der Waals surface area (Å²) in [5.74, 6) is -1.09. The van der Waals surface area contributed by atoms with Gasteiger partial charge in [0.2, 0.25) is 5.91 Å². The first kappa shape index (κ1) is 23.5. The molecule has 2 N–H and O–H groups in total.